The molecule has 1 heterocycles. The first-order valence-electron chi connectivity index (χ1n) is 6.17. The Morgan fingerprint density at radius 2 is 2.05 bits per heavy atom. The highest BCUT2D eigenvalue weighted by Crippen LogP contribution is 2.15. The maximum absolute atomic E-state index is 5.61. The fourth-order valence-electron chi connectivity index (χ4n) is 1.72. The molecular weight excluding hydrogens is 262 g/mol. The van der Waals surface area contributed by atoms with Crippen LogP contribution in [-0.4, -0.2) is 50.5 Å². The zero-order valence-corrected chi connectivity index (χ0v) is 12.3. The summed E-state index contributed by atoms with van der Waals surface area (Å²) in [6.45, 7) is 3.09. The van der Waals surface area contributed by atoms with Crippen molar-refractivity contribution in [3.8, 4) is 0 Å². The van der Waals surface area contributed by atoms with E-state index in [2.05, 4.69) is 9.88 Å². The third-order valence-electron chi connectivity index (χ3n) is 2.70. The minimum Gasteiger partial charge on any atom is -0.388 e. The lowest BCUT2D eigenvalue weighted by molar-refractivity contribution is 0.191. The maximum atomic E-state index is 5.61. The molecule has 1 rings (SSSR count). The zero-order valence-electron chi connectivity index (χ0n) is 11.5. The Morgan fingerprint density at radius 1 is 1.32 bits per heavy atom. The van der Waals surface area contributed by atoms with Gasteiger partial charge in [0.1, 0.15) is 4.99 Å². The molecule has 0 aromatic carbocycles. The first kappa shape index (κ1) is 15.8. The van der Waals surface area contributed by atoms with Crippen molar-refractivity contribution in [1.29, 1.82) is 0 Å². The third kappa shape index (κ3) is 5.50. The Kier molecular flexibility index (Phi) is 7.32. The predicted molar refractivity (Wildman–Crippen MR) is 80.7 cm³/mol. The van der Waals surface area contributed by atoms with Gasteiger partial charge in [-0.05, 0) is 18.6 Å². The van der Waals surface area contributed by atoms with E-state index in [0.717, 1.165) is 31.8 Å². The summed E-state index contributed by atoms with van der Waals surface area (Å²) in [5, 5.41) is 0. The van der Waals surface area contributed by atoms with Crippen LogP contribution < -0.4 is 10.6 Å². The molecule has 0 fully saturated rings. The van der Waals surface area contributed by atoms with Gasteiger partial charge in [0.15, 0.2) is 0 Å². The number of pyridine rings is 1. The van der Waals surface area contributed by atoms with E-state index in [-0.39, 0.29) is 0 Å². The summed E-state index contributed by atoms with van der Waals surface area (Å²) in [7, 11) is 3.40. The summed E-state index contributed by atoms with van der Waals surface area (Å²) >= 11 is 4.95. The van der Waals surface area contributed by atoms with Crippen LogP contribution in [0.1, 0.15) is 12.1 Å². The van der Waals surface area contributed by atoms with Gasteiger partial charge in [-0.15, -0.1) is 0 Å². The number of thiocarbonyl (C=S) groups is 1. The number of rotatable bonds is 9. The molecule has 5 nitrogen and oxygen atoms in total. The summed E-state index contributed by atoms with van der Waals surface area (Å²) in [5.41, 5.74) is 7.30. The predicted octanol–water partition coefficient (Wildman–Crippen LogP) is 1.21. The van der Waals surface area contributed by atoms with E-state index >= 15 is 0 Å². The van der Waals surface area contributed by atoms with E-state index in [4.69, 9.17) is 27.4 Å². The summed E-state index contributed by atoms with van der Waals surface area (Å²) < 4.78 is 10.2. The van der Waals surface area contributed by atoms with Crippen LogP contribution >= 0.6 is 12.2 Å². The second kappa shape index (κ2) is 8.79. The second-order valence-electron chi connectivity index (χ2n) is 4.09. The van der Waals surface area contributed by atoms with Crippen LogP contribution in [0.15, 0.2) is 18.3 Å². The Hall–Kier alpha value is -1.24. The highest BCUT2D eigenvalue weighted by molar-refractivity contribution is 7.80. The summed E-state index contributed by atoms with van der Waals surface area (Å²) in [5.74, 6) is 0. The fraction of sp³-hybridized carbons (Fsp3) is 0.538. The van der Waals surface area contributed by atoms with Crippen molar-refractivity contribution in [2.75, 3.05) is 45.4 Å². The largest absolute Gasteiger partial charge is 0.388 e. The van der Waals surface area contributed by atoms with E-state index in [1.807, 2.05) is 12.1 Å². The van der Waals surface area contributed by atoms with E-state index in [1.54, 1.807) is 20.4 Å². The van der Waals surface area contributed by atoms with Gasteiger partial charge < -0.3 is 20.1 Å². The number of nitrogens with zero attached hydrogens (tertiary/aromatic N) is 2. The number of anilines is 1. The monoisotopic (exact) mass is 283 g/mol. The first-order valence-corrected chi connectivity index (χ1v) is 6.58. The van der Waals surface area contributed by atoms with Crippen LogP contribution in [0.25, 0.3) is 0 Å². The van der Waals surface area contributed by atoms with Crippen LogP contribution in [0.2, 0.25) is 0 Å². The first-order chi connectivity index (χ1) is 9.19. The van der Waals surface area contributed by atoms with Crippen LogP contribution in [0.3, 0.4) is 0 Å². The second-order valence-corrected chi connectivity index (χ2v) is 4.53. The average Bonchev–Trinajstić information content (AvgIpc) is 2.43. The van der Waals surface area contributed by atoms with E-state index in [9.17, 15) is 0 Å². The van der Waals surface area contributed by atoms with E-state index < -0.39 is 0 Å². The lowest BCUT2D eigenvalue weighted by atomic mass is 10.2. The van der Waals surface area contributed by atoms with Gasteiger partial charge in [-0.3, -0.25) is 4.98 Å². The van der Waals surface area contributed by atoms with Crippen LogP contribution in [0, 0.1) is 0 Å². The lowest BCUT2D eigenvalue weighted by Crippen LogP contribution is -2.29. The zero-order chi connectivity index (χ0) is 14.1. The van der Waals surface area contributed by atoms with Gasteiger partial charge in [0.25, 0.3) is 0 Å². The van der Waals surface area contributed by atoms with Gasteiger partial charge in [0.2, 0.25) is 0 Å². The molecule has 0 saturated carbocycles. The molecule has 0 amide bonds. The molecule has 6 heteroatoms. The van der Waals surface area contributed by atoms with Crippen molar-refractivity contribution in [2.24, 2.45) is 5.73 Å². The van der Waals surface area contributed by atoms with Gasteiger partial charge in [-0.1, -0.05) is 12.2 Å². The minimum atomic E-state index is 0.311. The molecule has 0 atom stereocenters. The van der Waals surface area contributed by atoms with Gasteiger partial charge in [-0.2, -0.15) is 0 Å². The molecule has 0 aliphatic heterocycles. The van der Waals surface area contributed by atoms with Crippen molar-refractivity contribution in [2.45, 2.75) is 6.42 Å². The standard InChI is InChI=1S/C13H21N3O2S/c1-17-8-3-6-16(7-9-18-2)11-4-5-15-12(10-11)13(14)19/h4-5,10H,3,6-9H2,1-2H3,(H2,14,19). The maximum Gasteiger partial charge on any atom is 0.122 e. The number of methoxy groups -OCH3 is 2. The van der Waals surface area contributed by atoms with Crippen molar-refractivity contribution in [3.63, 3.8) is 0 Å². The van der Waals surface area contributed by atoms with E-state index in [1.165, 1.54) is 0 Å². The van der Waals surface area contributed by atoms with Crippen molar-refractivity contribution in [3.05, 3.63) is 24.0 Å². The van der Waals surface area contributed by atoms with Gasteiger partial charge in [0.05, 0.1) is 12.3 Å². The van der Waals surface area contributed by atoms with Crippen molar-refractivity contribution >= 4 is 22.9 Å². The SMILES string of the molecule is COCCCN(CCOC)c1ccnc(C(N)=S)c1. The minimum absolute atomic E-state index is 0.311. The third-order valence-corrected chi connectivity index (χ3v) is 2.91. The van der Waals surface area contributed by atoms with E-state index in [0.29, 0.717) is 17.3 Å². The Balaban J connectivity index is 2.76. The van der Waals surface area contributed by atoms with Crippen LogP contribution in [0.4, 0.5) is 5.69 Å². The number of nitrogens with two attached hydrogens (primary N) is 1. The molecule has 0 aliphatic carbocycles. The quantitative estimate of drug-likeness (QED) is 0.543. The Labute approximate surface area is 119 Å². The molecule has 1 aromatic rings. The highest BCUT2D eigenvalue weighted by atomic mass is 32.1. The van der Waals surface area contributed by atoms with Crippen LogP contribution in [0.5, 0.6) is 0 Å². The van der Waals surface area contributed by atoms with Crippen LogP contribution in [-0.2, 0) is 9.47 Å². The Bertz CT molecular complexity index is 401. The molecule has 19 heavy (non-hydrogen) atoms. The normalized spacial score (nSPS) is 10.4. The molecule has 0 unspecified atom stereocenters. The molecule has 0 radical (unpaired) electrons. The summed E-state index contributed by atoms with van der Waals surface area (Å²) in [6, 6.07) is 3.86. The average molecular weight is 283 g/mol. The lowest BCUT2D eigenvalue weighted by Gasteiger charge is -2.24. The number of hydrogen-bond acceptors (Lipinski definition) is 5. The number of ether oxygens (including phenoxy) is 2. The van der Waals surface area contributed by atoms with Gasteiger partial charge >= 0.3 is 0 Å². The Morgan fingerprint density at radius 3 is 2.68 bits per heavy atom. The molecule has 2 N–H and O–H groups in total. The van der Waals surface area contributed by atoms with Gasteiger partial charge in [0, 0.05) is 45.8 Å². The molecule has 0 spiro atoms. The fourth-order valence-corrected chi connectivity index (χ4v) is 1.83. The molecule has 0 bridgehead atoms. The number of aromatic nitrogens is 1. The molecule has 0 saturated heterocycles. The molecule has 0 aliphatic rings. The smallest absolute Gasteiger partial charge is 0.122 e. The summed E-state index contributed by atoms with van der Waals surface area (Å²) in [6.07, 6.45) is 2.67. The molecule has 1 aromatic heterocycles. The number of hydrogen-bond donors (Lipinski definition) is 1. The summed E-state index contributed by atoms with van der Waals surface area (Å²) in [4.78, 5) is 6.67. The van der Waals surface area contributed by atoms with Crippen molar-refractivity contribution < 1.29 is 9.47 Å². The highest BCUT2D eigenvalue weighted by Gasteiger charge is 2.08. The van der Waals surface area contributed by atoms with Crippen molar-refractivity contribution in [1.82, 2.24) is 4.98 Å². The molecular formula is C13H21N3O2S. The van der Waals surface area contributed by atoms with Gasteiger partial charge in [-0.25, -0.2) is 0 Å². The topological polar surface area (TPSA) is 60.6 Å². The molecule has 106 valence electrons.